The van der Waals surface area contributed by atoms with Crippen LogP contribution in [0.3, 0.4) is 0 Å². The summed E-state index contributed by atoms with van der Waals surface area (Å²) in [6.07, 6.45) is 0.867. The van der Waals surface area contributed by atoms with Crippen molar-refractivity contribution in [2.75, 3.05) is 44.6 Å². The van der Waals surface area contributed by atoms with Crippen LogP contribution in [0, 0.1) is 0 Å². The number of esters is 1. The average Bonchev–Trinajstić information content (AvgIpc) is 2.60. The highest BCUT2D eigenvalue weighted by molar-refractivity contribution is 5.92. The van der Waals surface area contributed by atoms with E-state index in [4.69, 9.17) is 4.74 Å². The van der Waals surface area contributed by atoms with E-state index in [0.717, 1.165) is 22.6 Å². The summed E-state index contributed by atoms with van der Waals surface area (Å²) in [6, 6.07) is 7.80. The SMILES string of the molecule is CCc1ccccc1NC(=O)C[NH+]1CCN(C(=O)COC(C)=O)CC1. The molecular weight excluding hydrogens is 322 g/mol. The zero-order valence-electron chi connectivity index (χ0n) is 14.8. The molecular formula is C18H26N3O4+. The summed E-state index contributed by atoms with van der Waals surface area (Å²) in [5.74, 6) is -0.659. The molecule has 0 radical (unpaired) electrons. The van der Waals surface area contributed by atoms with Gasteiger partial charge in [-0.05, 0) is 18.1 Å². The smallest absolute Gasteiger partial charge is 0.303 e. The van der Waals surface area contributed by atoms with Crippen molar-refractivity contribution >= 4 is 23.5 Å². The van der Waals surface area contributed by atoms with E-state index in [9.17, 15) is 14.4 Å². The molecule has 0 bridgehead atoms. The Hall–Kier alpha value is -2.41. The lowest BCUT2D eigenvalue weighted by molar-refractivity contribution is -0.895. The summed E-state index contributed by atoms with van der Waals surface area (Å²) in [4.78, 5) is 37.8. The first-order valence-corrected chi connectivity index (χ1v) is 8.62. The molecule has 25 heavy (non-hydrogen) atoms. The molecule has 0 aromatic heterocycles. The number of quaternary nitrogens is 1. The van der Waals surface area contributed by atoms with Gasteiger partial charge in [-0.3, -0.25) is 14.4 Å². The fourth-order valence-corrected chi connectivity index (χ4v) is 2.88. The highest BCUT2D eigenvalue weighted by Crippen LogP contribution is 2.14. The molecule has 2 rings (SSSR count). The molecule has 7 heteroatoms. The Morgan fingerprint density at radius 3 is 2.52 bits per heavy atom. The van der Waals surface area contributed by atoms with Crippen molar-refractivity contribution in [3.05, 3.63) is 29.8 Å². The Kier molecular flexibility index (Phi) is 6.94. The van der Waals surface area contributed by atoms with Crippen LogP contribution < -0.4 is 10.2 Å². The first-order valence-electron chi connectivity index (χ1n) is 8.62. The van der Waals surface area contributed by atoms with Gasteiger partial charge in [0.05, 0.1) is 26.2 Å². The molecule has 0 aliphatic carbocycles. The van der Waals surface area contributed by atoms with Crippen molar-refractivity contribution in [3.63, 3.8) is 0 Å². The third kappa shape index (κ3) is 5.86. The first-order chi connectivity index (χ1) is 12.0. The van der Waals surface area contributed by atoms with Crippen molar-refractivity contribution in [1.82, 2.24) is 4.90 Å². The monoisotopic (exact) mass is 348 g/mol. The lowest BCUT2D eigenvalue weighted by Gasteiger charge is -2.31. The zero-order valence-corrected chi connectivity index (χ0v) is 14.8. The second kappa shape index (κ2) is 9.17. The molecule has 1 fully saturated rings. The average molecular weight is 348 g/mol. The van der Waals surface area contributed by atoms with E-state index in [1.807, 2.05) is 24.3 Å². The maximum absolute atomic E-state index is 12.3. The van der Waals surface area contributed by atoms with Gasteiger partial charge in [-0.25, -0.2) is 0 Å². The number of nitrogens with one attached hydrogen (secondary N) is 2. The second-order valence-corrected chi connectivity index (χ2v) is 6.15. The van der Waals surface area contributed by atoms with Crippen LogP contribution in [0.15, 0.2) is 24.3 Å². The number of aryl methyl sites for hydroxylation is 1. The van der Waals surface area contributed by atoms with Gasteiger partial charge in [-0.1, -0.05) is 25.1 Å². The van der Waals surface area contributed by atoms with Crippen LogP contribution >= 0.6 is 0 Å². The lowest BCUT2D eigenvalue weighted by atomic mass is 10.1. The predicted molar refractivity (Wildman–Crippen MR) is 93.2 cm³/mol. The largest absolute Gasteiger partial charge is 0.456 e. The number of nitrogens with zero attached hydrogens (tertiary/aromatic N) is 1. The van der Waals surface area contributed by atoms with Gasteiger partial charge < -0.3 is 19.9 Å². The van der Waals surface area contributed by atoms with E-state index < -0.39 is 5.97 Å². The molecule has 1 aromatic rings. The molecule has 2 amide bonds. The van der Waals surface area contributed by atoms with Crippen LogP contribution in [-0.4, -0.2) is 62.0 Å². The molecule has 1 heterocycles. The topological polar surface area (TPSA) is 80.2 Å². The molecule has 1 saturated heterocycles. The maximum atomic E-state index is 12.3. The Bertz CT molecular complexity index is 625. The number of anilines is 1. The van der Waals surface area contributed by atoms with Gasteiger partial charge in [0.1, 0.15) is 0 Å². The Morgan fingerprint density at radius 2 is 1.88 bits per heavy atom. The number of hydrogen-bond acceptors (Lipinski definition) is 4. The third-order valence-electron chi connectivity index (χ3n) is 4.31. The predicted octanol–water partition coefficient (Wildman–Crippen LogP) is -0.522. The highest BCUT2D eigenvalue weighted by Gasteiger charge is 2.25. The van der Waals surface area contributed by atoms with Gasteiger partial charge in [0.2, 0.25) is 0 Å². The van der Waals surface area contributed by atoms with Crippen LogP contribution in [0.1, 0.15) is 19.4 Å². The Morgan fingerprint density at radius 1 is 1.20 bits per heavy atom. The number of piperazine rings is 1. The van der Waals surface area contributed by atoms with E-state index in [2.05, 4.69) is 12.2 Å². The summed E-state index contributed by atoms with van der Waals surface area (Å²) in [5, 5.41) is 2.98. The van der Waals surface area contributed by atoms with Gasteiger partial charge in [-0.2, -0.15) is 0 Å². The van der Waals surface area contributed by atoms with Crippen molar-refractivity contribution in [3.8, 4) is 0 Å². The summed E-state index contributed by atoms with van der Waals surface area (Å²) in [5.41, 5.74) is 1.98. The van der Waals surface area contributed by atoms with Crippen molar-refractivity contribution in [1.29, 1.82) is 0 Å². The molecule has 0 saturated carbocycles. The Labute approximate surface area is 147 Å². The van der Waals surface area contributed by atoms with Gasteiger partial charge in [0.25, 0.3) is 11.8 Å². The quantitative estimate of drug-likeness (QED) is 0.678. The summed E-state index contributed by atoms with van der Waals surface area (Å²) in [7, 11) is 0. The molecule has 2 N–H and O–H groups in total. The number of hydrogen-bond donors (Lipinski definition) is 2. The van der Waals surface area contributed by atoms with Crippen molar-refractivity contribution in [2.24, 2.45) is 0 Å². The van der Waals surface area contributed by atoms with Crippen molar-refractivity contribution in [2.45, 2.75) is 20.3 Å². The zero-order chi connectivity index (χ0) is 18.2. The molecule has 1 aromatic carbocycles. The summed E-state index contributed by atoms with van der Waals surface area (Å²) < 4.78 is 4.74. The number of rotatable bonds is 6. The third-order valence-corrected chi connectivity index (χ3v) is 4.31. The molecule has 136 valence electrons. The number of para-hydroxylation sites is 1. The number of benzene rings is 1. The molecule has 1 aliphatic rings. The standard InChI is InChI=1S/C18H25N3O4/c1-3-15-6-4-5-7-16(15)19-17(23)12-20-8-10-21(11-9-20)18(24)13-25-14(2)22/h4-7H,3,8-13H2,1-2H3,(H,19,23)/p+1. The summed E-state index contributed by atoms with van der Waals surface area (Å²) in [6.45, 7) is 6.04. The van der Waals surface area contributed by atoms with Crippen LogP contribution in [-0.2, 0) is 25.5 Å². The van der Waals surface area contributed by atoms with Gasteiger partial charge >= 0.3 is 5.97 Å². The molecule has 0 atom stereocenters. The molecule has 0 spiro atoms. The van der Waals surface area contributed by atoms with E-state index in [-0.39, 0.29) is 18.4 Å². The fraction of sp³-hybridized carbons (Fsp3) is 0.500. The highest BCUT2D eigenvalue weighted by atomic mass is 16.5. The fourth-order valence-electron chi connectivity index (χ4n) is 2.88. The molecule has 0 unspecified atom stereocenters. The minimum Gasteiger partial charge on any atom is -0.456 e. The summed E-state index contributed by atoms with van der Waals surface area (Å²) >= 11 is 0. The van der Waals surface area contributed by atoms with E-state index >= 15 is 0 Å². The lowest BCUT2D eigenvalue weighted by Crippen LogP contribution is -3.15. The molecule has 1 aliphatic heterocycles. The maximum Gasteiger partial charge on any atom is 0.303 e. The van der Waals surface area contributed by atoms with Gasteiger partial charge in [0, 0.05) is 12.6 Å². The minimum atomic E-state index is -0.457. The number of carbonyl (C=O) groups is 3. The second-order valence-electron chi connectivity index (χ2n) is 6.15. The number of ether oxygens (including phenoxy) is 1. The van der Waals surface area contributed by atoms with E-state index in [1.54, 1.807) is 4.90 Å². The van der Waals surface area contributed by atoms with Gasteiger partial charge in [0.15, 0.2) is 13.2 Å². The van der Waals surface area contributed by atoms with Crippen molar-refractivity contribution < 1.29 is 24.0 Å². The van der Waals surface area contributed by atoms with Crippen LogP contribution in [0.4, 0.5) is 5.69 Å². The molecule has 7 nitrogen and oxygen atoms in total. The van der Waals surface area contributed by atoms with Crippen LogP contribution in [0.2, 0.25) is 0 Å². The Balaban J connectivity index is 1.77. The van der Waals surface area contributed by atoms with Gasteiger partial charge in [-0.15, -0.1) is 0 Å². The van der Waals surface area contributed by atoms with Crippen LogP contribution in [0.25, 0.3) is 0 Å². The first kappa shape index (κ1) is 18.9. The van der Waals surface area contributed by atoms with E-state index in [0.29, 0.717) is 32.7 Å². The van der Waals surface area contributed by atoms with E-state index in [1.165, 1.54) is 6.92 Å². The number of carbonyl (C=O) groups excluding carboxylic acids is 3. The minimum absolute atomic E-state index is 0.0180. The number of amides is 2. The van der Waals surface area contributed by atoms with Crippen LogP contribution in [0.5, 0.6) is 0 Å². The normalized spacial score (nSPS) is 14.9.